The Morgan fingerprint density at radius 1 is 1.00 bits per heavy atom. The summed E-state index contributed by atoms with van der Waals surface area (Å²) in [6.07, 6.45) is -1.39. The van der Waals surface area contributed by atoms with Gasteiger partial charge in [0.25, 0.3) is 5.95 Å². The van der Waals surface area contributed by atoms with Crippen LogP contribution in [-0.4, -0.2) is 11.3 Å². The predicted molar refractivity (Wildman–Crippen MR) is 70.3 cm³/mol. The van der Waals surface area contributed by atoms with Crippen molar-refractivity contribution in [1.29, 1.82) is 0 Å². The Bertz CT molecular complexity index is 728. The highest BCUT2D eigenvalue weighted by atomic mass is 16.7. The molecule has 0 saturated carbocycles. The zero-order chi connectivity index (χ0) is 13.2. The molecule has 3 aromatic rings. The first-order valence-corrected chi connectivity index (χ1v) is 5.72. The average Bonchev–Trinajstić information content (AvgIpc) is 2.79. The van der Waals surface area contributed by atoms with Gasteiger partial charge in [0.2, 0.25) is 0 Å². The molecule has 4 nitrogen and oxygen atoms in total. The Balaban J connectivity index is 2.03. The van der Waals surface area contributed by atoms with Crippen molar-refractivity contribution in [3.63, 3.8) is 0 Å². The molecule has 19 heavy (non-hydrogen) atoms. The fourth-order valence-corrected chi connectivity index (χ4v) is 1.95. The van der Waals surface area contributed by atoms with Gasteiger partial charge in [0.05, 0.1) is 0 Å². The van der Waals surface area contributed by atoms with Crippen molar-refractivity contribution in [2.24, 2.45) is 0 Å². The Morgan fingerprint density at radius 2 is 1.79 bits per heavy atom. The van der Waals surface area contributed by atoms with Crippen LogP contribution in [0.25, 0.3) is 22.1 Å². The molecular formula is C15H10O4. The second-order valence-corrected chi connectivity index (χ2v) is 4.05. The lowest BCUT2D eigenvalue weighted by Gasteiger charge is -2.00. The molecule has 0 atom stereocenters. The zero-order valence-corrected chi connectivity index (χ0v) is 9.87. The molecule has 0 aliphatic carbocycles. The normalized spacial score (nSPS) is 10.5. The van der Waals surface area contributed by atoms with E-state index in [4.69, 9.17) is 9.52 Å². The van der Waals surface area contributed by atoms with E-state index in [0.29, 0.717) is 5.58 Å². The molecule has 0 fully saturated rings. The molecule has 1 aromatic heterocycles. The van der Waals surface area contributed by atoms with Gasteiger partial charge in [-0.25, -0.2) is 4.79 Å². The SMILES string of the molecule is O=C(O)Oc1cc2ccc(-c3ccccc3)cc2o1. The van der Waals surface area contributed by atoms with Crippen LogP contribution in [-0.2, 0) is 0 Å². The number of fused-ring (bicyclic) bond motifs is 1. The molecule has 1 heterocycles. The molecule has 2 aromatic carbocycles. The van der Waals surface area contributed by atoms with Gasteiger partial charge in [0.15, 0.2) is 0 Å². The highest BCUT2D eigenvalue weighted by Gasteiger charge is 2.09. The number of hydrogen-bond donors (Lipinski definition) is 1. The van der Waals surface area contributed by atoms with Gasteiger partial charge in [0.1, 0.15) is 5.58 Å². The smallest absolute Gasteiger partial charge is 0.449 e. The molecule has 4 heteroatoms. The van der Waals surface area contributed by atoms with Crippen LogP contribution in [0.15, 0.2) is 59.0 Å². The molecule has 0 aliphatic heterocycles. The Labute approximate surface area is 108 Å². The molecule has 0 bridgehead atoms. The minimum Gasteiger partial charge on any atom is -0.449 e. The number of ether oxygens (including phenoxy) is 1. The quantitative estimate of drug-likeness (QED) is 0.697. The van der Waals surface area contributed by atoms with Crippen molar-refractivity contribution in [3.8, 4) is 17.1 Å². The van der Waals surface area contributed by atoms with E-state index in [1.807, 2.05) is 48.5 Å². The number of carboxylic acid groups (broad SMARTS) is 1. The maximum absolute atomic E-state index is 10.5. The van der Waals surface area contributed by atoms with E-state index in [1.54, 1.807) is 6.07 Å². The van der Waals surface area contributed by atoms with Crippen molar-refractivity contribution in [2.75, 3.05) is 0 Å². The highest BCUT2D eigenvalue weighted by molar-refractivity contribution is 5.84. The molecule has 0 spiro atoms. The standard InChI is InChI=1S/C15H10O4/c16-15(17)19-14-9-12-7-6-11(8-13(12)18-14)10-4-2-1-3-5-10/h1-9H,(H,16,17). The number of benzene rings is 2. The van der Waals surface area contributed by atoms with E-state index in [-0.39, 0.29) is 5.95 Å². The van der Waals surface area contributed by atoms with Gasteiger partial charge in [-0.3, -0.25) is 0 Å². The third kappa shape index (κ3) is 2.28. The minimum atomic E-state index is -1.39. The third-order valence-electron chi connectivity index (χ3n) is 2.79. The average molecular weight is 254 g/mol. The monoisotopic (exact) mass is 254 g/mol. The Kier molecular flexibility index (Phi) is 2.68. The van der Waals surface area contributed by atoms with E-state index >= 15 is 0 Å². The lowest BCUT2D eigenvalue weighted by Crippen LogP contribution is -2.01. The van der Waals surface area contributed by atoms with Crippen LogP contribution in [0.4, 0.5) is 4.79 Å². The van der Waals surface area contributed by atoms with Crippen LogP contribution in [0.1, 0.15) is 0 Å². The van der Waals surface area contributed by atoms with Crippen molar-refractivity contribution in [2.45, 2.75) is 0 Å². The maximum atomic E-state index is 10.5. The molecule has 0 amide bonds. The molecule has 0 unspecified atom stereocenters. The first-order valence-electron chi connectivity index (χ1n) is 5.72. The van der Waals surface area contributed by atoms with Crippen molar-refractivity contribution >= 4 is 17.1 Å². The summed E-state index contributed by atoms with van der Waals surface area (Å²) in [6.45, 7) is 0. The molecular weight excluding hydrogens is 244 g/mol. The van der Waals surface area contributed by atoms with Crippen LogP contribution in [0.5, 0.6) is 5.95 Å². The first-order chi connectivity index (χ1) is 9.22. The zero-order valence-electron chi connectivity index (χ0n) is 9.87. The van der Waals surface area contributed by atoms with E-state index in [2.05, 4.69) is 4.74 Å². The topological polar surface area (TPSA) is 59.7 Å². The maximum Gasteiger partial charge on any atom is 0.513 e. The van der Waals surface area contributed by atoms with Gasteiger partial charge in [-0.15, -0.1) is 0 Å². The summed E-state index contributed by atoms with van der Waals surface area (Å²) >= 11 is 0. The summed E-state index contributed by atoms with van der Waals surface area (Å²) in [5.74, 6) is -0.0206. The van der Waals surface area contributed by atoms with Crippen LogP contribution in [0, 0.1) is 0 Å². The summed E-state index contributed by atoms with van der Waals surface area (Å²) in [7, 11) is 0. The van der Waals surface area contributed by atoms with Crippen molar-refractivity contribution < 1.29 is 19.1 Å². The molecule has 0 aliphatic rings. The summed E-state index contributed by atoms with van der Waals surface area (Å²) in [5.41, 5.74) is 2.67. The first kappa shape index (κ1) is 11.3. The second-order valence-electron chi connectivity index (χ2n) is 4.05. The van der Waals surface area contributed by atoms with Gasteiger partial charge < -0.3 is 14.3 Å². The fourth-order valence-electron chi connectivity index (χ4n) is 1.95. The Hall–Kier alpha value is -2.75. The minimum absolute atomic E-state index is 0.0206. The summed E-state index contributed by atoms with van der Waals surface area (Å²) in [4.78, 5) is 10.5. The highest BCUT2D eigenvalue weighted by Crippen LogP contribution is 2.29. The van der Waals surface area contributed by atoms with E-state index in [1.165, 1.54) is 0 Å². The summed E-state index contributed by atoms with van der Waals surface area (Å²) in [5, 5.41) is 9.34. The van der Waals surface area contributed by atoms with Crippen LogP contribution >= 0.6 is 0 Å². The molecule has 0 radical (unpaired) electrons. The van der Waals surface area contributed by atoms with E-state index in [0.717, 1.165) is 16.5 Å². The fraction of sp³-hybridized carbons (Fsp3) is 0. The van der Waals surface area contributed by atoms with E-state index in [9.17, 15) is 4.79 Å². The summed E-state index contributed by atoms with van der Waals surface area (Å²) < 4.78 is 9.83. The van der Waals surface area contributed by atoms with Crippen LogP contribution in [0.2, 0.25) is 0 Å². The van der Waals surface area contributed by atoms with Crippen LogP contribution in [0.3, 0.4) is 0 Å². The molecule has 94 valence electrons. The number of hydrogen-bond acceptors (Lipinski definition) is 3. The molecule has 3 rings (SSSR count). The van der Waals surface area contributed by atoms with Gasteiger partial charge in [-0.05, 0) is 17.2 Å². The van der Waals surface area contributed by atoms with Crippen LogP contribution < -0.4 is 4.74 Å². The van der Waals surface area contributed by atoms with Gasteiger partial charge in [0, 0.05) is 11.5 Å². The lowest BCUT2D eigenvalue weighted by atomic mass is 10.0. The predicted octanol–water partition coefficient (Wildman–Crippen LogP) is 4.16. The van der Waals surface area contributed by atoms with Gasteiger partial charge in [-0.2, -0.15) is 0 Å². The van der Waals surface area contributed by atoms with E-state index < -0.39 is 6.16 Å². The number of carbonyl (C=O) groups is 1. The molecule has 1 N–H and O–H groups in total. The van der Waals surface area contributed by atoms with Crippen molar-refractivity contribution in [3.05, 3.63) is 54.6 Å². The number of furan rings is 1. The number of rotatable bonds is 2. The second kappa shape index (κ2) is 4.49. The van der Waals surface area contributed by atoms with Gasteiger partial charge in [-0.1, -0.05) is 42.5 Å². The summed E-state index contributed by atoms with van der Waals surface area (Å²) in [6, 6.07) is 17.1. The van der Waals surface area contributed by atoms with Gasteiger partial charge >= 0.3 is 6.16 Å². The Morgan fingerprint density at radius 3 is 2.53 bits per heavy atom. The van der Waals surface area contributed by atoms with Crippen molar-refractivity contribution in [1.82, 2.24) is 0 Å². The lowest BCUT2D eigenvalue weighted by molar-refractivity contribution is 0.134. The molecule has 0 saturated heterocycles. The third-order valence-corrected chi connectivity index (χ3v) is 2.79. The largest absolute Gasteiger partial charge is 0.513 e.